The first-order valence-corrected chi connectivity index (χ1v) is 23.0. The van der Waals surface area contributed by atoms with Gasteiger partial charge in [0.15, 0.2) is 5.78 Å². The number of unbranched alkanes of at least 4 members (excludes halogenated alkanes) is 2. The lowest BCUT2D eigenvalue weighted by Gasteiger charge is -2.16. The maximum absolute atomic E-state index is 13.4. The van der Waals surface area contributed by atoms with Gasteiger partial charge in [0.2, 0.25) is 0 Å². The van der Waals surface area contributed by atoms with E-state index in [1.54, 1.807) is 19.2 Å². The van der Waals surface area contributed by atoms with Gasteiger partial charge in [0.1, 0.15) is 21.2 Å². The quantitative estimate of drug-likeness (QED) is 0.0746. The SMILES string of the molecule is CCCCn1c(=O)c2c(C(=O)CC(C)C)c(-c3cccc(OC(F)(F)F)c3)sc2n(C)c1=O.CCCCn1c(=O)c2c(C(O)CC(C)C)c(-c3cccc(OC(F)(F)F)c3)sc2n(C)c1=O. The Hall–Kier alpha value is -5.47. The smallest absolute Gasteiger partial charge is 0.406 e. The molecule has 1 unspecified atom stereocenters. The van der Waals surface area contributed by atoms with E-state index in [9.17, 15) is 55.4 Å². The molecule has 0 spiro atoms. The van der Waals surface area contributed by atoms with Crippen LogP contribution in [-0.2, 0) is 27.2 Å². The Balaban J connectivity index is 0.000000247. The molecule has 0 bridgehead atoms. The lowest BCUT2D eigenvalue weighted by molar-refractivity contribution is -0.275. The molecule has 4 aromatic heterocycles. The largest absolute Gasteiger partial charge is 0.573 e. The first kappa shape index (κ1) is 51.5. The number of aromatic nitrogens is 4. The molecule has 0 saturated carbocycles. The number of fused-ring (bicyclic) bond motifs is 2. The predicted molar refractivity (Wildman–Crippen MR) is 245 cm³/mol. The summed E-state index contributed by atoms with van der Waals surface area (Å²) in [5, 5.41) is 11.4. The highest BCUT2D eigenvalue weighted by molar-refractivity contribution is 7.22. The second kappa shape index (κ2) is 21.0. The van der Waals surface area contributed by atoms with Crippen molar-refractivity contribution in [1.29, 1.82) is 0 Å². The number of aryl methyl sites for hydroxylation is 2. The first-order valence-electron chi connectivity index (χ1n) is 21.3. The van der Waals surface area contributed by atoms with E-state index in [1.165, 1.54) is 46.5 Å². The summed E-state index contributed by atoms with van der Waals surface area (Å²) in [6, 6.07) is 10.7. The van der Waals surface area contributed by atoms with Gasteiger partial charge in [-0.15, -0.1) is 49.0 Å². The summed E-state index contributed by atoms with van der Waals surface area (Å²) in [5.41, 5.74) is -0.876. The maximum Gasteiger partial charge on any atom is 0.573 e. The van der Waals surface area contributed by atoms with Gasteiger partial charge in [-0.05, 0) is 66.5 Å². The summed E-state index contributed by atoms with van der Waals surface area (Å²) in [4.78, 5) is 67.1. The average Bonchev–Trinajstić information content (AvgIpc) is 3.83. The number of ketones is 1. The van der Waals surface area contributed by atoms with Gasteiger partial charge in [0, 0.05) is 48.9 Å². The van der Waals surface area contributed by atoms with E-state index < -0.39 is 52.8 Å². The normalized spacial score (nSPS) is 12.6. The van der Waals surface area contributed by atoms with Crippen molar-refractivity contribution >= 4 is 48.9 Å². The summed E-state index contributed by atoms with van der Waals surface area (Å²) in [7, 11) is 3.07. The highest BCUT2D eigenvalue weighted by atomic mass is 32.1. The lowest BCUT2D eigenvalue weighted by Crippen LogP contribution is -2.39. The minimum Gasteiger partial charge on any atom is -0.406 e. The number of carbonyl (C=O) groups is 1. The van der Waals surface area contributed by atoms with Crippen LogP contribution < -0.4 is 32.0 Å². The van der Waals surface area contributed by atoms with Gasteiger partial charge in [-0.1, -0.05) is 78.6 Å². The van der Waals surface area contributed by atoms with Crippen LogP contribution in [0.1, 0.15) is 102 Å². The van der Waals surface area contributed by atoms with Gasteiger partial charge in [0.25, 0.3) is 11.1 Å². The van der Waals surface area contributed by atoms with Gasteiger partial charge in [0.05, 0.1) is 22.4 Å². The highest BCUT2D eigenvalue weighted by Gasteiger charge is 2.33. The third-order valence-corrected chi connectivity index (χ3v) is 13.1. The molecule has 0 aliphatic carbocycles. The van der Waals surface area contributed by atoms with E-state index in [2.05, 4.69) is 9.47 Å². The van der Waals surface area contributed by atoms with E-state index in [4.69, 9.17) is 0 Å². The Bertz CT molecular complexity index is 2960. The second-order valence-corrected chi connectivity index (χ2v) is 18.6. The third-order valence-electron chi connectivity index (χ3n) is 10.4. The number of thiophene rings is 2. The van der Waals surface area contributed by atoms with Crippen LogP contribution in [0.25, 0.3) is 41.3 Å². The summed E-state index contributed by atoms with van der Waals surface area (Å²) < 4.78 is 89.5. The molecule has 66 heavy (non-hydrogen) atoms. The zero-order valence-electron chi connectivity index (χ0n) is 37.7. The topological polar surface area (TPSA) is 144 Å². The molecule has 2 aromatic carbocycles. The Morgan fingerprint density at radius 1 is 0.682 bits per heavy atom. The van der Waals surface area contributed by atoms with Crippen LogP contribution in [0.4, 0.5) is 26.3 Å². The number of ether oxygens (including phenoxy) is 2. The van der Waals surface area contributed by atoms with Gasteiger partial charge in [-0.2, -0.15) is 0 Å². The third kappa shape index (κ3) is 11.7. The molecule has 1 N–H and O–H groups in total. The molecule has 0 fully saturated rings. The lowest BCUT2D eigenvalue weighted by atomic mass is 9.96. The molecule has 358 valence electrons. The Kier molecular flexibility index (Phi) is 16.4. The minimum atomic E-state index is -4.87. The molecule has 20 heteroatoms. The number of hydrogen-bond donors (Lipinski definition) is 1. The second-order valence-electron chi connectivity index (χ2n) is 16.6. The number of aliphatic hydroxyl groups excluding tert-OH is 1. The summed E-state index contributed by atoms with van der Waals surface area (Å²) >= 11 is 2.14. The minimum absolute atomic E-state index is 0.00459. The zero-order valence-corrected chi connectivity index (χ0v) is 39.3. The van der Waals surface area contributed by atoms with Crippen LogP contribution in [0, 0.1) is 11.8 Å². The molecular weight excluding hydrogens is 915 g/mol. The molecular formula is C46H52F6N4O8S2. The van der Waals surface area contributed by atoms with Crippen LogP contribution >= 0.6 is 22.7 Å². The molecule has 0 amide bonds. The highest BCUT2D eigenvalue weighted by Crippen LogP contribution is 2.43. The molecule has 6 aromatic rings. The first-order chi connectivity index (χ1) is 30.9. The number of Topliss-reactive ketones (excluding diaryl/α,β-unsaturated/α-hetero) is 1. The van der Waals surface area contributed by atoms with Gasteiger partial charge >= 0.3 is 24.1 Å². The van der Waals surface area contributed by atoms with Crippen molar-refractivity contribution in [2.24, 2.45) is 25.9 Å². The number of benzene rings is 2. The molecule has 0 aliphatic rings. The van der Waals surface area contributed by atoms with Crippen molar-refractivity contribution in [3.8, 4) is 32.4 Å². The average molecular weight is 967 g/mol. The van der Waals surface area contributed by atoms with E-state index in [0.717, 1.165) is 50.7 Å². The Morgan fingerprint density at radius 3 is 1.56 bits per heavy atom. The molecule has 4 heterocycles. The van der Waals surface area contributed by atoms with Gasteiger partial charge < -0.3 is 14.6 Å². The summed E-state index contributed by atoms with van der Waals surface area (Å²) in [6.45, 7) is 11.9. The fraction of sp³-hybridized carbons (Fsp3) is 0.457. The number of halogens is 6. The van der Waals surface area contributed by atoms with Crippen molar-refractivity contribution < 1.29 is 45.7 Å². The van der Waals surface area contributed by atoms with Crippen LogP contribution in [0.2, 0.25) is 0 Å². The van der Waals surface area contributed by atoms with E-state index in [0.29, 0.717) is 55.4 Å². The Labute approximate surface area is 383 Å². The number of alkyl halides is 6. The molecule has 0 saturated heterocycles. The van der Waals surface area contributed by atoms with Gasteiger partial charge in [-0.3, -0.25) is 32.7 Å². The van der Waals surface area contributed by atoms with Crippen molar-refractivity contribution in [3.05, 3.63) is 101 Å². The monoisotopic (exact) mass is 966 g/mol. The predicted octanol–water partition coefficient (Wildman–Crippen LogP) is 10.6. The molecule has 12 nitrogen and oxygen atoms in total. The fourth-order valence-electron chi connectivity index (χ4n) is 7.44. The number of carbonyl (C=O) groups excluding carboxylic acids is 1. The number of hydrogen-bond acceptors (Lipinski definition) is 10. The number of rotatable bonds is 16. The zero-order chi connectivity index (χ0) is 49.0. The van der Waals surface area contributed by atoms with E-state index in [-0.39, 0.29) is 53.5 Å². The van der Waals surface area contributed by atoms with Crippen LogP contribution in [0.15, 0.2) is 67.7 Å². The van der Waals surface area contributed by atoms with Crippen molar-refractivity contribution in [2.75, 3.05) is 0 Å². The standard InChI is InChI=1S/C23H27F3N2O4S.C23H25F3N2O4S/c2*1-5-6-10-28-20(30)18-17(16(29)11-13(2)3)19(33-21(18)27(4)22(28)31)14-8-7-9-15(12-14)32-23(24,25)26/h7-9,12-13,16,29H,5-6,10-11H2,1-4H3;7-9,12-13H,5-6,10-11H2,1-4H3. The van der Waals surface area contributed by atoms with Gasteiger partial charge in [-0.25, -0.2) is 9.59 Å². The van der Waals surface area contributed by atoms with E-state index >= 15 is 0 Å². The molecule has 6 rings (SSSR count). The van der Waals surface area contributed by atoms with Crippen LogP contribution in [-0.4, -0.2) is 41.9 Å². The number of aliphatic hydroxyl groups is 1. The van der Waals surface area contributed by atoms with Crippen molar-refractivity contribution in [1.82, 2.24) is 18.3 Å². The van der Waals surface area contributed by atoms with Crippen LogP contribution in [0.5, 0.6) is 11.5 Å². The molecule has 0 aliphatic heterocycles. The Morgan fingerprint density at radius 2 is 1.12 bits per heavy atom. The van der Waals surface area contributed by atoms with Crippen molar-refractivity contribution in [3.63, 3.8) is 0 Å². The fourth-order valence-corrected chi connectivity index (χ4v) is 10.0. The molecule has 1 atom stereocenters. The summed E-state index contributed by atoms with van der Waals surface area (Å²) in [6.07, 6.45) is -7.45. The van der Waals surface area contributed by atoms with E-state index in [1.807, 2.05) is 41.5 Å². The number of nitrogens with zero attached hydrogens (tertiary/aromatic N) is 4. The van der Waals surface area contributed by atoms with Crippen molar-refractivity contribution in [2.45, 2.75) is 112 Å². The maximum atomic E-state index is 13.4. The molecule has 0 radical (unpaired) electrons. The summed E-state index contributed by atoms with van der Waals surface area (Å²) in [5.74, 6) is -1.05. The van der Waals surface area contributed by atoms with Crippen LogP contribution in [0.3, 0.4) is 0 Å².